The van der Waals surface area contributed by atoms with Crippen LogP contribution >= 0.6 is 0 Å². The summed E-state index contributed by atoms with van der Waals surface area (Å²) in [4.78, 5) is 23.0. The third-order valence-corrected chi connectivity index (χ3v) is 3.05. The first-order valence-electron chi connectivity index (χ1n) is 6.99. The molecule has 0 aromatic carbocycles. The van der Waals surface area contributed by atoms with Crippen LogP contribution in [0, 0.1) is 6.92 Å². The standard InChI is InChI=1S/C14H19F3N2O4/c1-3-6-18-12(21)8-19-11(20)7-13(22,14(15,16)17)10-5-4-9(2)23-10/h4-5,22H,3,6-8H2,1-2H3,(H,18,21)(H,19,20). The minimum atomic E-state index is -5.11. The van der Waals surface area contributed by atoms with Gasteiger partial charge >= 0.3 is 6.18 Å². The van der Waals surface area contributed by atoms with Crippen LogP contribution in [0.4, 0.5) is 13.2 Å². The van der Waals surface area contributed by atoms with Gasteiger partial charge in [0.15, 0.2) is 0 Å². The molecule has 1 unspecified atom stereocenters. The van der Waals surface area contributed by atoms with Crippen molar-refractivity contribution in [3.8, 4) is 0 Å². The Morgan fingerprint density at radius 3 is 2.35 bits per heavy atom. The molecule has 130 valence electrons. The summed E-state index contributed by atoms with van der Waals surface area (Å²) in [5.74, 6) is -2.25. The van der Waals surface area contributed by atoms with Gasteiger partial charge in [-0.3, -0.25) is 9.59 Å². The molecule has 1 rings (SSSR count). The maximum atomic E-state index is 13.2. The molecule has 23 heavy (non-hydrogen) atoms. The van der Waals surface area contributed by atoms with Crippen molar-refractivity contribution in [3.05, 3.63) is 23.7 Å². The minimum Gasteiger partial charge on any atom is -0.463 e. The molecule has 1 atom stereocenters. The second-order valence-corrected chi connectivity index (χ2v) is 5.07. The molecular formula is C14H19F3N2O4. The fourth-order valence-corrected chi connectivity index (χ4v) is 1.78. The Morgan fingerprint density at radius 1 is 1.22 bits per heavy atom. The first-order chi connectivity index (χ1) is 10.6. The van der Waals surface area contributed by atoms with Crippen molar-refractivity contribution in [2.75, 3.05) is 13.1 Å². The van der Waals surface area contributed by atoms with E-state index in [0.29, 0.717) is 13.0 Å². The Balaban J connectivity index is 2.75. The Hall–Kier alpha value is -2.03. The highest BCUT2D eigenvalue weighted by atomic mass is 19.4. The van der Waals surface area contributed by atoms with Gasteiger partial charge in [-0.1, -0.05) is 6.92 Å². The van der Waals surface area contributed by atoms with Crippen molar-refractivity contribution in [2.24, 2.45) is 0 Å². The highest BCUT2D eigenvalue weighted by Gasteiger charge is 2.58. The fraction of sp³-hybridized carbons (Fsp3) is 0.571. The van der Waals surface area contributed by atoms with Crippen molar-refractivity contribution in [1.29, 1.82) is 0 Å². The molecule has 0 radical (unpaired) electrons. The van der Waals surface area contributed by atoms with Gasteiger partial charge in [-0.15, -0.1) is 0 Å². The molecule has 3 N–H and O–H groups in total. The average molecular weight is 336 g/mol. The normalized spacial score (nSPS) is 14.2. The lowest BCUT2D eigenvalue weighted by Crippen LogP contribution is -2.47. The summed E-state index contributed by atoms with van der Waals surface area (Å²) in [6, 6.07) is 2.21. The van der Waals surface area contributed by atoms with Gasteiger partial charge < -0.3 is 20.2 Å². The first-order valence-corrected chi connectivity index (χ1v) is 6.99. The van der Waals surface area contributed by atoms with E-state index in [1.165, 1.54) is 13.0 Å². The van der Waals surface area contributed by atoms with Gasteiger partial charge in [-0.2, -0.15) is 13.2 Å². The van der Waals surface area contributed by atoms with E-state index in [1.54, 1.807) is 0 Å². The molecule has 0 aliphatic rings. The second-order valence-electron chi connectivity index (χ2n) is 5.07. The maximum Gasteiger partial charge on any atom is 0.425 e. The zero-order valence-corrected chi connectivity index (χ0v) is 12.8. The monoisotopic (exact) mass is 336 g/mol. The largest absolute Gasteiger partial charge is 0.463 e. The molecular weight excluding hydrogens is 317 g/mol. The van der Waals surface area contributed by atoms with Crippen LogP contribution in [0.25, 0.3) is 0 Å². The summed E-state index contributed by atoms with van der Waals surface area (Å²) in [5.41, 5.74) is -3.45. The highest BCUT2D eigenvalue weighted by Crippen LogP contribution is 2.42. The van der Waals surface area contributed by atoms with Crippen molar-refractivity contribution < 1.29 is 32.3 Å². The molecule has 1 aromatic heterocycles. The number of aryl methyl sites for hydroxylation is 1. The van der Waals surface area contributed by atoms with Crippen LogP contribution < -0.4 is 10.6 Å². The summed E-state index contributed by atoms with van der Waals surface area (Å²) in [5, 5.41) is 14.4. The van der Waals surface area contributed by atoms with Crippen LogP contribution in [0.5, 0.6) is 0 Å². The predicted molar refractivity (Wildman–Crippen MR) is 74.3 cm³/mol. The lowest BCUT2D eigenvalue weighted by Gasteiger charge is -2.27. The van der Waals surface area contributed by atoms with E-state index in [9.17, 15) is 27.9 Å². The predicted octanol–water partition coefficient (Wildman–Crippen LogP) is 1.37. The van der Waals surface area contributed by atoms with Gasteiger partial charge in [0.25, 0.3) is 0 Å². The number of hydrogen-bond acceptors (Lipinski definition) is 4. The summed E-state index contributed by atoms with van der Waals surface area (Å²) in [6.07, 6.45) is -5.73. The number of aliphatic hydroxyl groups is 1. The van der Waals surface area contributed by atoms with Gasteiger partial charge in [-0.25, -0.2) is 0 Å². The molecule has 9 heteroatoms. The number of amides is 2. The van der Waals surface area contributed by atoms with Gasteiger partial charge in [0.1, 0.15) is 11.5 Å². The topological polar surface area (TPSA) is 91.6 Å². The number of alkyl halides is 3. The molecule has 1 aromatic rings. The average Bonchev–Trinajstić information content (AvgIpc) is 2.88. The lowest BCUT2D eigenvalue weighted by atomic mass is 9.95. The first kappa shape index (κ1) is 19.0. The van der Waals surface area contributed by atoms with E-state index < -0.39 is 42.3 Å². The molecule has 6 nitrogen and oxygen atoms in total. The van der Waals surface area contributed by atoms with E-state index >= 15 is 0 Å². The van der Waals surface area contributed by atoms with Gasteiger partial charge in [-0.05, 0) is 25.5 Å². The zero-order valence-electron chi connectivity index (χ0n) is 12.8. The van der Waals surface area contributed by atoms with Crippen molar-refractivity contribution >= 4 is 11.8 Å². The molecule has 1 heterocycles. The van der Waals surface area contributed by atoms with Crippen molar-refractivity contribution in [1.82, 2.24) is 10.6 Å². The van der Waals surface area contributed by atoms with Gasteiger partial charge in [0.05, 0.1) is 13.0 Å². The van der Waals surface area contributed by atoms with E-state index in [4.69, 9.17) is 4.42 Å². The minimum absolute atomic E-state index is 0.169. The molecule has 0 bridgehead atoms. The number of hydrogen-bond donors (Lipinski definition) is 3. The van der Waals surface area contributed by atoms with Crippen LogP contribution in [0.3, 0.4) is 0 Å². The van der Waals surface area contributed by atoms with Gasteiger partial charge in [0.2, 0.25) is 17.4 Å². The summed E-state index contributed by atoms with van der Waals surface area (Å²) >= 11 is 0. The van der Waals surface area contributed by atoms with Crippen LogP contribution in [0.15, 0.2) is 16.5 Å². The second kappa shape index (κ2) is 7.49. The third-order valence-electron chi connectivity index (χ3n) is 3.05. The number of furan rings is 1. The smallest absolute Gasteiger partial charge is 0.425 e. The molecule has 0 fully saturated rings. The van der Waals surface area contributed by atoms with Crippen LogP contribution in [0.2, 0.25) is 0 Å². The van der Waals surface area contributed by atoms with Crippen molar-refractivity contribution in [3.63, 3.8) is 0 Å². The number of halogens is 3. The molecule has 0 spiro atoms. The Bertz CT molecular complexity index is 556. The molecule has 2 amide bonds. The fourth-order valence-electron chi connectivity index (χ4n) is 1.78. The summed E-state index contributed by atoms with van der Waals surface area (Å²) < 4.78 is 44.3. The SMILES string of the molecule is CCCNC(=O)CNC(=O)CC(O)(c1ccc(C)o1)C(F)(F)F. The van der Waals surface area contributed by atoms with Crippen molar-refractivity contribution in [2.45, 2.75) is 38.5 Å². The summed E-state index contributed by atoms with van der Waals surface area (Å²) in [6.45, 7) is 3.17. The molecule has 0 saturated carbocycles. The van der Waals surface area contributed by atoms with E-state index in [2.05, 4.69) is 5.32 Å². The molecule has 0 aliphatic carbocycles. The third kappa shape index (κ3) is 4.98. The number of rotatable bonds is 7. The quantitative estimate of drug-likeness (QED) is 0.701. The highest BCUT2D eigenvalue weighted by molar-refractivity contribution is 5.85. The van der Waals surface area contributed by atoms with E-state index in [0.717, 1.165) is 6.07 Å². The summed E-state index contributed by atoms with van der Waals surface area (Å²) in [7, 11) is 0. The number of carbonyl (C=O) groups is 2. The maximum absolute atomic E-state index is 13.2. The Labute approximate surface area is 131 Å². The lowest BCUT2D eigenvalue weighted by molar-refractivity contribution is -0.273. The molecule has 0 aliphatic heterocycles. The van der Waals surface area contributed by atoms with Crippen LogP contribution in [-0.4, -0.2) is 36.2 Å². The zero-order chi connectivity index (χ0) is 17.7. The number of carbonyl (C=O) groups excluding carboxylic acids is 2. The Morgan fingerprint density at radius 2 is 1.87 bits per heavy atom. The molecule has 0 saturated heterocycles. The van der Waals surface area contributed by atoms with Crippen LogP contribution in [-0.2, 0) is 15.2 Å². The number of nitrogens with one attached hydrogen (secondary N) is 2. The van der Waals surface area contributed by atoms with E-state index in [-0.39, 0.29) is 5.76 Å². The Kier molecular flexibility index (Phi) is 6.20. The van der Waals surface area contributed by atoms with E-state index in [1.807, 2.05) is 12.2 Å². The van der Waals surface area contributed by atoms with Gasteiger partial charge in [0, 0.05) is 6.54 Å². The van der Waals surface area contributed by atoms with Crippen LogP contribution in [0.1, 0.15) is 31.3 Å².